The molecule has 0 spiro atoms. The Kier molecular flexibility index (Phi) is 9.44. The zero-order valence-corrected chi connectivity index (χ0v) is 19.7. The molecule has 0 radical (unpaired) electrons. The lowest BCUT2D eigenvalue weighted by molar-refractivity contribution is -0.171. The molecule has 1 saturated carbocycles. The minimum atomic E-state index is -0.828. The van der Waals surface area contributed by atoms with Crippen LogP contribution in [0.25, 0.3) is 0 Å². The van der Waals surface area contributed by atoms with Gasteiger partial charge in [-0.25, -0.2) is 0 Å². The number of rotatable bonds is 6. The van der Waals surface area contributed by atoms with E-state index < -0.39 is 5.54 Å². The first-order valence-corrected chi connectivity index (χ1v) is 10.3. The number of nitrogens with zero attached hydrogens (tertiary/aromatic N) is 1. The predicted octanol–water partition coefficient (Wildman–Crippen LogP) is 3.45. The molecule has 0 aromatic heterocycles. The fourth-order valence-electron chi connectivity index (χ4n) is 4.40. The first kappa shape index (κ1) is 26.2. The van der Waals surface area contributed by atoms with Crippen LogP contribution in [0.15, 0.2) is 24.3 Å². The summed E-state index contributed by atoms with van der Waals surface area (Å²) in [5.74, 6) is -0.0131. The highest BCUT2D eigenvalue weighted by atomic mass is 35.5. The second kappa shape index (κ2) is 10.5. The highest BCUT2D eigenvalue weighted by Crippen LogP contribution is 2.49. The number of carbonyl (C=O) groups excluding carboxylic acids is 1. The summed E-state index contributed by atoms with van der Waals surface area (Å²) in [4.78, 5) is 15.4. The van der Waals surface area contributed by atoms with Gasteiger partial charge in [-0.3, -0.25) is 9.69 Å². The number of amides is 1. The number of nitrogens with one attached hydrogen (secondary N) is 1. The SMILES string of the molecule is CCOC1CC(N)(C(=O)NC2CCN(Cc3ccccc3C)CC2)C1(C)C.Cl.Cl. The van der Waals surface area contributed by atoms with Crippen LogP contribution in [0.5, 0.6) is 0 Å². The third kappa shape index (κ3) is 5.26. The van der Waals surface area contributed by atoms with Gasteiger partial charge >= 0.3 is 0 Å². The number of hydrogen-bond acceptors (Lipinski definition) is 4. The molecular formula is C22H37Cl2N3O2. The van der Waals surface area contributed by atoms with Crippen molar-refractivity contribution in [2.24, 2.45) is 11.1 Å². The van der Waals surface area contributed by atoms with Crippen molar-refractivity contribution in [3.8, 4) is 0 Å². The van der Waals surface area contributed by atoms with Crippen LogP contribution in [0.1, 0.15) is 51.2 Å². The second-order valence-electron chi connectivity index (χ2n) is 8.79. The Bertz CT molecular complexity index is 678. The molecule has 1 saturated heterocycles. The summed E-state index contributed by atoms with van der Waals surface area (Å²) in [5.41, 5.74) is 8.07. The van der Waals surface area contributed by atoms with E-state index in [1.54, 1.807) is 0 Å². The van der Waals surface area contributed by atoms with Crippen LogP contribution in [0, 0.1) is 12.3 Å². The lowest BCUT2D eigenvalue weighted by atomic mass is 9.54. The van der Waals surface area contributed by atoms with Crippen LogP contribution in [0.2, 0.25) is 0 Å². The van der Waals surface area contributed by atoms with Crippen LogP contribution < -0.4 is 11.1 Å². The quantitative estimate of drug-likeness (QED) is 0.703. The second-order valence-corrected chi connectivity index (χ2v) is 8.79. The van der Waals surface area contributed by atoms with Gasteiger partial charge in [0.05, 0.1) is 6.10 Å². The molecule has 2 aliphatic rings. The first-order valence-electron chi connectivity index (χ1n) is 10.3. The molecule has 29 heavy (non-hydrogen) atoms. The summed E-state index contributed by atoms with van der Waals surface area (Å²) in [5, 5.41) is 3.23. The molecule has 0 bridgehead atoms. The minimum absolute atomic E-state index is 0. The molecule has 1 aliphatic heterocycles. The molecule has 1 amide bonds. The molecular weight excluding hydrogens is 409 g/mol. The standard InChI is InChI=1S/C22H35N3O2.2ClH/c1-5-27-19-14-22(23,21(19,3)4)20(26)24-18-10-12-25(13-11-18)15-17-9-7-6-8-16(17)2;;/h6-9,18-19H,5,10-15,23H2,1-4H3,(H,24,26);2*1H. The van der Waals surface area contributed by atoms with Crippen LogP contribution >= 0.6 is 24.8 Å². The molecule has 2 atom stereocenters. The monoisotopic (exact) mass is 445 g/mol. The van der Waals surface area contributed by atoms with E-state index in [1.165, 1.54) is 11.1 Å². The van der Waals surface area contributed by atoms with Crippen molar-refractivity contribution in [2.45, 2.75) is 71.2 Å². The average Bonchev–Trinajstić information content (AvgIpc) is 2.64. The third-order valence-corrected chi connectivity index (χ3v) is 6.81. The highest BCUT2D eigenvalue weighted by molar-refractivity contribution is 5.89. The highest BCUT2D eigenvalue weighted by Gasteiger charge is 2.63. The van der Waals surface area contributed by atoms with Crippen LogP contribution in [-0.4, -0.2) is 48.2 Å². The maximum Gasteiger partial charge on any atom is 0.241 e. The van der Waals surface area contributed by atoms with Crippen molar-refractivity contribution in [3.05, 3.63) is 35.4 Å². The van der Waals surface area contributed by atoms with Gasteiger partial charge < -0.3 is 15.8 Å². The maximum absolute atomic E-state index is 12.9. The molecule has 3 rings (SSSR count). The Balaban J connectivity index is 0.00000210. The minimum Gasteiger partial charge on any atom is -0.378 e. The molecule has 2 unspecified atom stereocenters. The van der Waals surface area contributed by atoms with Crippen molar-refractivity contribution in [2.75, 3.05) is 19.7 Å². The Morgan fingerprint density at radius 1 is 1.24 bits per heavy atom. The molecule has 2 fully saturated rings. The zero-order chi connectivity index (χ0) is 19.7. The van der Waals surface area contributed by atoms with E-state index in [2.05, 4.69) is 41.4 Å². The summed E-state index contributed by atoms with van der Waals surface area (Å²) < 4.78 is 5.74. The van der Waals surface area contributed by atoms with E-state index >= 15 is 0 Å². The smallest absolute Gasteiger partial charge is 0.241 e. The van der Waals surface area contributed by atoms with Gasteiger partial charge in [0.25, 0.3) is 0 Å². The van der Waals surface area contributed by atoms with Gasteiger partial charge in [-0.15, -0.1) is 24.8 Å². The number of ether oxygens (including phenoxy) is 1. The van der Waals surface area contributed by atoms with Gasteiger partial charge in [0.1, 0.15) is 5.54 Å². The third-order valence-electron chi connectivity index (χ3n) is 6.81. The van der Waals surface area contributed by atoms with E-state index in [0.29, 0.717) is 13.0 Å². The van der Waals surface area contributed by atoms with Crippen LogP contribution in [-0.2, 0) is 16.1 Å². The molecule has 3 N–H and O–H groups in total. The predicted molar refractivity (Wildman–Crippen MR) is 123 cm³/mol. The van der Waals surface area contributed by atoms with Gasteiger partial charge in [-0.2, -0.15) is 0 Å². The average molecular weight is 446 g/mol. The first-order chi connectivity index (χ1) is 12.8. The lowest BCUT2D eigenvalue weighted by Gasteiger charge is -2.57. The Hall–Kier alpha value is -0.850. The van der Waals surface area contributed by atoms with E-state index in [1.807, 2.05) is 20.8 Å². The number of halogens is 2. The summed E-state index contributed by atoms with van der Waals surface area (Å²) in [6.07, 6.45) is 2.62. The summed E-state index contributed by atoms with van der Waals surface area (Å²) in [7, 11) is 0. The van der Waals surface area contributed by atoms with Crippen LogP contribution in [0.3, 0.4) is 0 Å². The number of nitrogens with two attached hydrogens (primary N) is 1. The molecule has 1 aliphatic carbocycles. The molecule has 7 heteroatoms. The Morgan fingerprint density at radius 3 is 2.41 bits per heavy atom. The number of hydrogen-bond donors (Lipinski definition) is 2. The van der Waals surface area contributed by atoms with Gasteiger partial charge in [0.2, 0.25) is 5.91 Å². The molecule has 5 nitrogen and oxygen atoms in total. The fraction of sp³-hybridized carbons (Fsp3) is 0.682. The van der Waals surface area contributed by atoms with Crippen molar-refractivity contribution in [3.63, 3.8) is 0 Å². The number of benzene rings is 1. The fourth-order valence-corrected chi connectivity index (χ4v) is 4.40. The van der Waals surface area contributed by atoms with Crippen molar-refractivity contribution in [1.82, 2.24) is 10.2 Å². The van der Waals surface area contributed by atoms with Gasteiger partial charge in [0.15, 0.2) is 0 Å². The van der Waals surface area contributed by atoms with Gasteiger partial charge in [-0.1, -0.05) is 38.1 Å². The largest absolute Gasteiger partial charge is 0.378 e. The lowest BCUT2D eigenvalue weighted by Crippen LogP contribution is -2.76. The molecule has 1 heterocycles. The van der Waals surface area contributed by atoms with E-state index in [-0.39, 0.29) is 48.3 Å². The molecule has 1 aromatic carbocycles. The summed E-state index contributed by atoms with van der Waals surface area (Å²) in [6.45, 7) is 11.9. The number of likely N-dealkylation sites (tertiary alicyclic amines) is 1. The van der Waals surface area contributed by atoms with Crippen molar-refractivity contribution in [1.29, 1.82) is 0 Å². The Labute approximate surface area is 187 Å². The van der Waals surface area contributed by atoms with Gasteiger partial charge in [-0.05, 0) is 37.8 Å². The number of carbonyl (C=O) groups is 1. The van der Waals surface area contributed by atoms with Crippen molar-refractivity contribution >= 4 is 30.7 Å². The van der Waals surface area contributed by atoms with Crippen LogP contribution in [0.4, 0.5) is 0 Å². The van der Waals surface area contributed by atoms with E-state index in [4.69, 9.17) is 10.5 Å². The van der Waals surface area contributed by atoms with Gasteiger partial charge in [0, 0.05) is 44.1 Å². The summed E-state index contributed by atoms with van der Waals surface area (Å²) >= 11 is 0. The van der Waals surface area contributed by atoms with Crippen molar-refractivity contribution < 1.29 is 9.53 Å². The number of aryl methyl sites for hydroxylation is 1. The maximum atomic E-state index is 12.9. The van der Waals surface area contributed by atoms with E-state index in [9.17, 15) is 4.79 Å². The molecule has 1 aromatic rings. The molecule has 166 valence electrons. The topological polar surface area (TPSA) is 67.6 Å². The zero-order valence-electron chi connectivity index (χ0n) is 18.1. The Morgan fingerprint density at radius 2 is 1.86 bits per heavy atom. The normalized spacial score (nSPS) is 26.6. The summed E-state index contributed by atoms with van der Waals surface area (Å²) in [6, 6.07) is 8.77. The number of piperidine rings is 1. The van der Waals surface area contributed by atoms with E-state index in [0.717, 1.165) is 32.5 Å².